The number of aromatic nitrogens is 2. The Balaban J connectivity index is 0.919. The van der Waals surface area contributed by atoms with Gasteiger partial charge >= 0.3 is 0 Å². The van der Waals surface area contributed by atoms with Crippen LogP contribution in [0, 0.1) is 5.41 Å². The number of nitrogen functional groups attached to an aromatic ring is 1. The first-order chi connectivity index (χ1) is 25.4. The zero-order valence-electron chi connectivity index (χ0n) is 30.4. The number of benzene rings is 2. The number of likely N-dealkylation sites (tertiary alicyclic amines) is 2. The molecule has 3 unspecified atom stereocenters. The molecule has 0 radical (unpaired) electrons. The van der Waals surface area contributed by atoms with Crippen LogP contribution >= 0.6 is 11.6 Å². The van der Waals surface area contributed by atoms with Crippen molar-refractivity contribution in [3.05, 3.63) is 75.2 Å². The second-order valence-corrected chi connectivity index (χ2v) is 15.7. The van der Waals surface area contributed by atoms with Gasteiger partial charge in [0.05, 0.1) is 23.3 Å². The molecule has 53 heavy (non-hydrogen) atoms. The van der Waals surface area contributed by atoms with E-state index in [1.807, 2.05) is 35.2 Å². The van der Waals surface area contributed by atoms with Crippen LogP contribution in [0.5, 0.6) is 0 Å². The Morgan fingerprint density at radius 3 is 2.40 bits per heavy atom. The van der Waals surface area contributed by atoms with Crippen molar-refractivity contribution < 1.29 is 14.4 Å². The number of imide groups is 1. The molecule has 2 aromatic carbocycles. The highest BCUT2D eigenvalue weighted by Crippen LogP contribution is 2.43. The Kier molecular flexibility index (Phi) is 10.4. The smallest absolute Gasteiger partial charge is 0.287 e. The number of nitrogens with one attached hydrogen (secondary N) is 2. The summed E-state index contributed by atoms with van der Waals surface area (Å²) in [6, 6.07) is 13.3. The first-order valence-corrected chi connectivity index (χ1v) is 18.9. The number of nitrogens with zero attached hydrogens (tertiary/aromatic N) is 6. The normalized spacial score (nSPS) is 23.5. The Bertz CT molecular complexity index is 1920. The monoisotopic (exact) mass is 744 g/mol. The van der Waals surface area contributed by atoms with Crippen LogP contribution in [0.4, 0.5) is 22.7 Å². The van der Waals surface area contributed by atoms with E-state index in [9.17, 15) is 19.2 Å². The van der Waals surface area contributed by atoms with E-state index < -0.39 is 11.9 Å². The van der Waals surface area contributed by atoms with Crippen molar-refractivity contribution in [2.24, 2.45) is 18.3 Å². The fraction of sp³-hybridized carbons (Fsp3) is 0.500. The number of rotatable bonds is 7. The molecule has 0 bridgehead atoms. The predicted molar refractivity (Wildman–Crippen MR) is 206 cm³/mol. The van der Waals surface area contributed by atoms with Gasteiger partial charge in [0.15, 0.2) is 0 Å². The lowest BCUT2D eigenvalue weighted by atomic mass is 9.71. The highest BCUT2D eigenvalue weighted by Gasteiger charge is 2.39. The predicted octanol–water partition coefficient (Wildman–Crippen LogP) is 2.92. The standard InChI is InChI=1S/C38H49ClN10O4/c1-45-22-26(19-27(23-45)43-30-21-42-46(2)37(53)34(30)39)24-3-5-25(6-4-24)36(52)48-17-13-38(14-18-48)11-15-47(16-12-38)28-7-8-29(40)32(20-28)49(41)31-9-10-33(50)44-35(31)51/h3-8,20-21,26-27,31,43H,9-19,22-23,40-41H2,1-2H3,(H,44,50,51). The molecular weight excluding hydrogens is 696 g/mol. The highest BCUT2D eigenvalue weighted by molar-refractivity contribution is 6.32. The summed E-state index contributed by atoms with van der Waals surface area (Å²) < 4.78 is 1.22. The number of carbonyl (C=O) groups is 3. The molecule has 5 heterocycles. The maximum Gasteiger partial charge on any atom is 0.287 e. The highest BCUT2D eigenvalue weighted by atomic mass is 35.5. The van der Waals surface area contributed by atoms with E-state index in [0.717, 1.165) is 77.1 Å². The van der Waals surface area contributed by atoms with Gasteiger partial charge in [-0.15, -0.1) is 0 Å². The number of piperidine rings is 4. The van der Waals surface area contributed by atoms with Crippen molar-refractivity contribution in [2.45, 2.75) is 62.9 Å². The molecule has 0 saturated carbocycles. The molecule has 0 aliphatic carbocycles. The van der Waals surface area contributed by atoms with Crippen molar-refractivity contribution in [3.8, 4) is 0 Å². The molecule has 4 aliphatic rings. The molecular formula is C38H49ClN10O4. The van der Waals surface area contributed by atoms with Gasteiger partial charge < -0.3 is 25.8 Å². The number of hydrazine groups is 1. The molecule has 1 spiro atoms. The number of hydrogen-bond acceptors (Lipinski definition) is 11. The first kappa shape index (κ1) is 36.7. The van der Waals surface area contributed by atoms with Crippen molar-refractivity contribution in [2.75, 3.05) is 67.3 Å². The van der Waals surface area contributed by atoms with Crippen molar-refractivity contribution in [1.29, 1.82) is 0 Å². The third-order valence-electron chi connectivity index (χ3n) is 11.8. The summed E-state index contributed by atoms with van der Waals surface area (Å²) in [5.41, 5.74) is 10.7. The molecule has 7 rings (SSSR count). The van der Waals surface area contributed by atoms with Gasteiger partial charge in [0, 0.05) is 70.0 Å². The minimum atomic E-state index is -0.659. The average Bonchev–Trinajstić information content (AvgIpc) is 3.15. The van der Waals surface area contributed by atoms with E-state index in [-0.39, 0.29) is 46.2 Å². The Morgan fingerprint density at radius 1 is 1.00 bits per heavy atom. The van der Waals surface area contributed by atoms with Gasteiger partial charge in [-0.2, -0.15) is 5.10 Å². The molecule has 3 atom stereocenters. The fourth-order valence-corrected chi connectivity index (χ4v) is 8.79. The molecule has 6 N–H and O–H groups in total. The number of aryl methyl sites for hydroxylation is 1. The van der Waals surface area contributed by atoms with Crippen LogP contribution in [0.25, 0.3) is 0 Å². The van der Waals surface area contributed by atoms with E-state index in [4.69, 9.17) is 23.2 Å². The second-order valence-electron chi connectivity index (χ2n) is 15.3. The molecule has 3 aromatic rings. The molecule has 14 nitrogen and oxygen atoms in total. The molecule has 4 fully saturated rings. The number of nitrogens with two attached hydrogens (primary N) is 2. The van der Waals surface area contributed by atoms with Crippen LogP contribution < -0.4 is 37.7 Å². The topological polar surface area (TPSA) is 175 Å². The largest absolute Gasteiger partial charge is 0.397 e. The van der Waals surface area contributed by atoms with Crippen molar-refractivity contribution in [1.82, 2.24) is 24.9 Å². The summed E-state index contributed by atoms with van der Waals surface area (Å²) in [6.45, 7) is 4.94. The number of halogens is 1. The van der Waals surface area contributed by atoms with E-state index in [2.05, 4.69) is 44.7 Å². The van der Waals surface area contributed by atoms with Gasteiger partial charge in [-0.25, -0.2) is 10.5 Å². The lowest BCUT2D eigenvalue weighted by Gasteiger charge is -2.47. The molecule has 4 aliphatic heterocycles. The maximum atomic E-state index is 13.6. The van der Waals surface area contributed by atoms with Gasteiger partial charge in [0.1, 0.15) is 11.1 Å². The number of carbonyl (C=O) groups excluding carboxylic acids is 3. The van der Waals surface area contributed by atoms with Crippen LogP contribution in [0.3, 0.4) is 0 Å². The van der Waals surface area contributed by atoms with Gasteiger partial charge in [0.2, 0.25) is 5.91 Å². The quantitative estimate of drug-likeness (QED) is 0.121. The van der Waals surface area contributed by atoms with E-state index in [0.29, 0.717) is 29.0 Å². The zero-order valence-corrected chi connectivity index (χ0v) is 31.1. The van der Waals surface area contributed by atoms with Crippen molar-refractivity contribution in [3.63, 3.8) is 0 Å². The first-order valence-electron chi connectivity index (χ1n) is 18.5. The van der Waals surface area contributed by atoms with E-state index in [1.165, 1.54) is 15.3 Å². The minimum Gasteiger partial charge on any atom is -0.397 e. The summed E-state index contributed by atoms with van der Waals surface area (Å²) in [7, 11) is 3.67. The van der Waals surface area contributed by atoms with Crippen LogP contribution in [0.15, 0.2) is 53.5 Å². The molecule has 4 saturated heterocycles. The molecule has 282 valence electrons. The molecule has 15 heteroatoms. The number of hydrogen-bond donors (Lipinski definition) is 4. The van der Waals surface area contributed by atoms with Gasteiger partial charge in [-0.1, -0.05) is 23.7 Å². The summed E-state index contributed by atoms with van der Waals surface area (Å²) in [5.74, 6) is 6.04. The Labute approximate surface area is 314 Å². The van der Waals surface area contributed by atoms with Gasteiger partial charge in [0.25, 0.3) is 17.4 Å². The number of amides is 3. The van der Waals surface area contributed by atoms with Crippen LogP contribution in [-0.2, 0) is 16.6 Å². The Hall–Kier alpha value is -4.66. The van der Waals surface area contributed by atoms with E-state index >= 15 is 0 Å². The SMILES string of the molecule is CN1CC(Nc2cnn(C)c(=O)c2Cl)CC(c2ccc(C(=O)N3CCC4(CC3)CCN(c3ccc(N)c(N(N)C5CCC(=O)NC5=O)c3)CC4)cc2)C1. The Morgan fingerprint density at radius 2 is 1.70 bits per heavy atom. The van der Waals surface area contributed by atoms with Crippen LogP contribution in [-0.4, -0.2) is 95.7 Å². The zero-order chi connectivity index (χ0) is 37.4. The number of likely N-dealkylation sites (N-methyl/N-ethyl adjacent to an activating group) is 1. The third-order valence-corrected chi connectivity index (χ3v) is 12.2. The van der Waals surface area contributed by atoms with Crippen LogP contribution in [0.2, 0.25) is 5.02 Å². The third kappa shape index (κ3) is 7.71. The summed E-state index contributed by atoms with van der Waals surface area (Å²) in [6.07, 6.45) is 7.04. The summed E-state index contributed by atoms with van der Waals surface area (Å²) in [4.78, 5) is 56.6. The van der Waals surface area contributed by atoms with Crippen molar-refractivity contribution >= 4 is 52.1 Å². The molecule has 3 amide bonds. The van der Waals surface area contributed by atoms with Crippen LogP contribution in [0.1, 0.15) is 66.8 Å². The summed E-state index contributed by atoms with van der Waals surface area (Å²) >= 11 is 6.32. The fourth-order valence-electron chi connectivity index (χ4n) is 8.57. The molecule has 1 aromatic heterocycles. The van der Waals surface area contributed by atoms with E-state index in [1.54, 1.807) is 13.2 Å². The minimum absolute atomic E-state index is 0.0775. The number of anilines is 4. The average molecular weight is 745 g/mol. The van der Waals surface area contributed by atoms with Gasteiger partial charge in [-0.05, 0) is 92.8 Å². The second kappa shape index (κ2) is 15.0. The summed E-state index contributed by atoms with van der Waals surface area (Å²) in [5, 5.41) is 11.4. The maximum absolute atomic E-state index is 13.6. The lowest BCUT2D eigenvalue weighted by molar-refractivity contribution is -0.134. The van der Waals surface area contributed by atoms with Gasteiger partial charge in [-0.3, -0.25) is 29.5 Å². The lowest BCUT2D eigenvalue weighted by Crippen LogP contribution is -2.55.